The Morgan fingerprint density at radius 2 is 1.91 bits per heavy atom. The smallest absolute Gasteiger partial charge is 0.328 e. The zero-order valence-electron chi connectivity index (χ0n) is 17.2. The van der Waals surface area contributed by atoms with Gasteiger partial charge in [-0.2, -0.15) is 0 Å². The molecule has 3 fully saturated rings. The predicted octanol–water partition coefficient (Wildman–Crippen LogP) is 1.80. The third kappa shape index (κ3) is 3.02. The number of H-pyrrole nitrogens is 1. The molecule has 2 saturated carbocycles. The molecule has 5 unspecified atom stereocenters. The van der Waals surface area contributed by atoms with Crippen molar-refractivity contribution in [1.29, 1.82) is 0 Å². The van der Waals surface area contributed by atoms with Gasteiger partial charge in [-0.25, -0.2) is 26.7 Å². The first-order valence-corrected chi connectivity index (χ1v) is 10.5. The van der Waals surface area contributed by atoms with E-state index < -0.39 is 77.0 Å². The summed E-state index contributed by atoms with van der Waals surface area (Å²) in [7, 11) is 1.24. The molecule has 1 aromatic heterocycles. The lowest BCUT2D eigenvalue weighted by Crippen LogP contribution is -2.49. The van der Waals surface area contributed by atoms with Gasteiger partial charge in [-0.05, 0) is 24.7 Å². The highest BCUT2D eigenvalue weighted by Crippen LogP contribution is 2.51. The standard InChI is InChI=1S/C20H23F5N4O3/c1-32-15-13-11(18(30)27-19(31)29(13)8-2-3-8)10(17(22)23)12(21)14(15)28-5-7-4-20(24,25)16(26)9(7)6-28/h7-9,14-17H,2-6,26H2,1H3,(H,27,30,31). The van der Waals surface area contributed by atoms with Crippen LogP contribution in [0.4, 0.5) is 22.0 Å². The molecule has 1 saturated heterocycles. The molecule has 0 aromatic carbocycles. The lowest BCUT2D eigenvalue weighted by atomic mass is 9.87. The van der Waals surface area contributed by atoms with Crippen LogP contribution in [0.15, 0.2) is 15.4 Å². The number of ether oxygens (including phenoxy) is 1. The first-order valence-electron chi connectivity index (χ1n) is 10.5. The fourth-order valence-electron chi connectivity index (χ4n) is 5.75. The van der Waals surface area contributed by atoms with Crippen LogP contribution in [0.2, 0.25) is 0 Å². The monoisotopic (exact) mass is 462 g/mol. The summed E-state index contributed by atoms with van der Waals surface area (Å²) in [4.78, 5) is 28.6. The van der Waals surface area contributed by atoms with Crippen LogP contribution in [0, 0.1) is 11.8 Å². The Labute approximate surface area is 179 Å². The number of fused-ring (bicyclic) bond motifs is 2. The number of nitrogens with zero attached hydrogens (tertiary/aromatic N) is 2. The summed E-state index contributed by atoms with van der Waals surface area (Å²) in [6.07, 6.45) is -3.82. The third-order valence-electron chi connectivity index (χ3n) is 7.31. The quantitative estimate of drug-likeness (QED) is 0.666. The number of nitrogens with two attached hydrogens (primary N) is 1. The SMILES string of the molecule is COC1c2c(c(=O)[nH]c(=O)n2C2CC2)C(C(F)F)=C(F)C1N1CC2CC(F)(F)C(N)C2C1. The van der Waals surface area contributed by atoms with Gasteiger partial charge in [-0.3, -0.25) is 19.2 Å². The van der Waals surface area contributed by atoms with Crippen LogP contribution in [-0.2, 0) is 4.74 Å². The summed E-state index contributed by atoms with van der Waals surface area (Å²) in [5.41, 5.74) is 2.10. The first kappa shape index (κ1) is 21.8. The maximum absolute atomic E-state index is 15.6. The molecule has 1 aromatic rings. The predicted molar refractivity (Wildman–Crippen MR) is 103 cm³/mol. The highest BCUT2D eigenvalue weighted by molar-refractivity contribution is 5.74. The summed E-state index contributed by atoms with van der Waals surface area (Å²) >= 11 is 0. The summed E-state index contributed by atoms with van der Waals surface area (Å²) < 4.78 is 78.5. The van der Waals surface area contributed by atoms with E-state index in [4.69, 9.17) is 10.5 Å². The van der Waals surface area contributed by atoms with E-state index in [2.05, 4.69) is 0 Å². The van der Waals surface area contributed by atoms with Crippen LogP contribution in [0.5, 0.6) is 0 Å². The van der Waals surface area contributed by atoms with E-state index >= 15 is 4.39 Å². The second kappa shape index (κ2) is 7.22. The lowest BCUT2D eigenvalue weighted by molar-refractivity contribution is -0.0269. The fourth-order valence-corrected chi connectivity index (χ4v) is 5.75. The molecular weight excluding hydrogens is 439 g/mol. The molecule has 0 spiro atoms. The molecule has 32 heavy (non-hydrogen) atoms. The Hall–Kier alpha value is -2.05. The molecule has 2 heterocycles. The molecule has 3 aliphatic carbocycles. The Morgan fingerprint density at radius 3 is 2.47 bits per heavy atom. The van der Waals surface area contributed by atoms with Gasteiger partial charge in [0.25, 0.3) is 17.9 Å². The Bertz CT molecular complexity index is 1100. The molecule has 0 radical (unpaired) electrons. The number of hydrogen-bond donors (Lipinski definition) is 2. The minimum Gasteiger partial charge on any atom is -0.373 e. The Morgan fingerprint density at radius 1 is 1.22 bits per heavy atom. The van der Waals surface area contributed by atoms with Crippen molar-refractivity contribution in [1.82, 2.24) is 14.5 Å². The number of methoxy groups -OCH3 is 1. The molecule has 5 atom stereocenters. The van der Waals surface area contributed by atoms with Crippen molar-refractivity contribution >= 4 is 5.57 Å². The maximum atomic E-state index is 15.6. The zero-order chi connectivity index (χ0) is 23.1. The van der Waals surface area contributed by atoms with Crippen molar-refractivity contribution in [3.8, 4) is 0 Å². The van der Waals surface area contributed by atoms with Gasteiger partial charge in [0.1, 0.15) is 11.9 Å². The molecule has 0 bridgehead atoms. The van der Waals surface area contributed by atoms with Gasteiger partial charge in [-0.1, -0.05) is 0 Å². The van der Waals surface area contributed by atoms with Crippen molar-refractivity contribution in [2.45, 2.75) is 55.8 Å². The number of aromatic nitrogens is 2. The van der Waals surface area contributed by atoms with Gasteiger partial charge >= 0.3 is 5.69 Å². The number of allylic oxidation sites excluding steroid dienone is 1. The summed E-state index contributed by atoms with van der Waals surface area (Å²) in [5, 5.41) is 0. The zero-order valence-corrected chi connectivity index (χ0v) is 17.2. The number of halogens is 5. The van der Waals surface area contributed by atoms with Crippen molar-refractivity contribution in [3.63, 3.8) is 0 Å². The topological polar surface area (TPSA) is 93.3 Å². The van der Waals surface area contributed by atoms with Gasteiger partial charge < -0.3 is 10.5 Å². The number of rotatable bonds is 4. The van der Waals surface area contributed by atoms with E-state index in [0.717, 1.165) is 0 Å². The average Bonchev–Trinajstić information content (AvgIpc) is 3.42. The fraction of sp³-hybridized carbons (Fsp3) is 0.700. The van der Waals surface area contributed by atoms with Crippen molar-refractivity contribution < 1.29 is 26.7 Å². The first-order chi connectivity index (χ1) is 15.1. The molecule has 0 amide bonds. The van der Waals surface area contributed by atoms with E-state index in [-0.39, 0.29) is 24.8 Å². The second-order valence-corrected chi connectivity index (χ2v) is 9.15. The maximum Gasteiger partial charge on any atom is 0.328 e. The second-order valence-electron chi connectivity index (χ2n) is 9.15. The van der Waals surface area contributed by atoms with E-state index in [1.165, 1.54) is 16.6 Å². The third-order valence-corrected chi connectivity index (χ3v) is 7.31. The van der Waals surface area contributed by atoms with E-state index in [1.807, 2.05) is 4.98 Å². The minimum absolute atomic E-state index is 0.0224. The molecule has 4 aliphatic rings. The largest absolute Gasteiger partial charge is 0.373 e. The summed E-state index contributed by atoms with van der Waals surface area (Å²) in [5.74, 6) is -5.43. The van der Waals surface area contributed by atoms with Gasteiger partial charge in [0.2, 0.25) is 0 Å². The summed E-state index contributed by atoms with van der Waals surface area (Å²) in [6, 6.07) is -3.10. The van der Waals surface area contributed by atoms with Crippen LogP contribution in [0.25, 0.3) is 5.57 Å². The summed E-state index contributed by atoms with van der Waals surface area (Å²) in [6.45, 7) is -0.00329. The number of likely N-dealkylation sites (tertiary alicyclic amines) is 1. The number of nitrogens with one attached hydrogen (secondary N) is 1. The van der Waals surface area contributed by atoms with Gasteiger partial charge in [0.05, 0.1) is 28.9 Å². The molecule has 176 valence electrons. The Kier molecular flexibility index (Phi) is 4.92. The molecular formula is C20H23F5N4O3. The molecule has 1 aliphatic heterocycles. The van der Waals surface area contributed by atoms with Crippen LogP contribution in [0.1, 0.15) is 42.7 Å². The van der Waals surface area contributed by atoms with Crippen molar-refractivity contribution in [2.24, 2.45) is 17.6 Å². The average molecular weight is 462 g/mol. The molecule has 3 N–H and O–H groups in total. The van der Waals surface area contributed by atoms with Crippen LogP contribution in [0.3, 0.4) is 0 Å². The number of aromatic amines is 1. The van der Waals surface area contributed by atoms with E-state index in [9.17, 15) is 27.2 Å². The minimum atomic E-state index is -3.32. The molecule has 5 rings (SSSR count). The van der Waals surface area contributed by atoms with Crippen molar-refractivity contribution in [2.75, 3.05) is 20.2 Å². The Balaban J connectivity index is 1.65. The normalized spacial score (nSPS) is 34.3. The molecule has 12 heteroatoms. The highest BCUT2D eigenvalue weighted by Gasteiger charge is 2.59. The van der Waals surface area contributed by atoms with E-state index in [0.29, 0.717) is 12.8 Å². The van der Waals surface area contributed by atoms with Crippen LogP contribution in [-0.4, -0.2) is 59.1 Å². The van der Waals surface area contributed by atoms with Crippen LogP contribution >= 0.6 is 0 Å². The highest BCUT2D eigenvalue weighted by atomic mass is 19.3. The molecule has 7 nitrogen and oxygen atoms in total. The van der Waals surface area contributed by atoms with E-state index in [1.54, 1.807) is 0 Å². The van der Waals surface area contributed by atoms with Gasteiger partial charge in [0.15, 0.2) is 0 Å². The lowest BCUT2D eigenvalue weighted by Gasteiger charge is -2.39. The number of alkyl halides is 4. The van der Waals surface area contributed by atoms with Gasteiger partial charge in [0, 0.05) is 32.7 Å². The van der Waals surface area contributed by atoms with Crippen molar-refractivity contribution in [3.05, 3.63) is 37.9 Å². The van der Waals surface area contributed by atoms with Gasteiger partial charge in [-0.15, -0.1) is 0 Å². The number of hydrogen-bond acceptors (Lipinski definition) is 5. The van der Waals surface area contributed by atoms with Crippen LogP contribution < -0.4 is 17.0 Å².